The number of aromatic carboxylic acids is 1. The number of hydrogen-bond acceptors (Lipinski definition) is 4. The van der Waals surface area contributed by atoms with Crippen molar-refractivity contribution in [2.45, 2.75) is 40.0 Å². The molecule has 21 heavy (non-hydrogen) atoms. The summed E-state index contributed by atoms with van der Waals surface area (Å²) in [4.78, 5) is 23.9. The van der Waals surface area contributed by atoms with Crippen LogP contribution in [0.2, 0.25) is 0 Å². The van der Waals surface area contributed by atoms with E-state index in [0.717, 1.165) is 4.88 Å². The van der Waals surface area contributed by atoms with Gasteiger partial charge in [0, 0.05) is 11.4 Å². The van der Waals surface area contributed by atoms with Crippen LogP contribution in [0.5, 0.6) is 5.75 Å². The molecule has 1 rings (SSSR count). The Kier molecular flexibility index (Phi) is 5.78. The zero-order chi connectivity index (χ0) is 16.2. The number of nitrogens with one attached hydrogen (secondary N) is 1. The fourth-order valence-electron chi connectivity index (χ4n) is 1.51. The molecule has 0 aliphatic heterocycles. The minimum Gasteiger partial charge on any atom is -0.482 e. The molecule has 0 saturated heterocycles. The number of carboxylic acids is 1. The van der Waals surface area contributed by atoms with Gasteiger partial charge in [0.05, 0.1) is 0 Å². The summed E-state index contributed by atoms with van der Waals surface area (Å²) in [6.45, 7) is 10.4. The second-order valence-corrected chi connectivity index (χ2v) is 7.40. The summed E-state index contributed by atoms with van der Waals surface area (Å²) in [6, 6.07) is 1.71. The molecule has 0 atom stereocenters. The van der Waals surface area contributed by atoms with Gasteiger partial charge in [0.2, 0.25) is 0 Å². The van der Waals surface area contributed by atoms with E-state index in [0.29, 0.717) is 12.5 Å². The summed E-state index contributed by atoms with van der Waals surface area (Å²) in [7, 11) is 0. The molecule has 0 fully saturated rings. The van der Waals surface area contributed by atoms with Gasteiger partial charge in [-0.15, -0.1) is 11.3 Å². The van der Waals surface area contributed by atoms with E-state index in [-0.39, 0.29) is 28.6 Å². The fraction of sp³-hybridized carbons (Fsp3) is 0.600. The molecule has 0 spiro atoms. The van der Waals surface area contributed by atoms with E-state index in [4.69, 9.17) is 4.74 Å². The van der Waals surface area contributed by atoms with E-state index < -0.39 is 5.97 Å². The van der Waals surface area contributed by atoms with Gasteiger partial charge in [0.15, 0.2) is 11.5 Å². The van der Waals surface area contributed by atoms with Crippen molar-refractivity contribution in [3.63, 3.8) is 0 Å². The molecule has 0 bridgehead atoms. The van der Waals surface area contributed by atoms with Crippen molar-refractivity contribution in [2.24, 2.45) is 5.92 Å². The van der Waals surface area contributed by atoms with E-state index in [1.54, 1.807) is 6.07 Å². The molecule has 118 valence electrons. The Morgan fingerprint density at radius 2 is 2.00 bits per heavy atom. The number of hydrogen-bond donors (Lipinski definition) is 2. The number of carbonyl (C=O) groups is 2. The number of amides is 1. The van der Waals surface area contributed by atoms with Crippen LogP contribution in [0.1, 0.15) is 49.2 Å². The van der Waals surface area contributed by atoms with Crippen LogP contribution in [0.25, 0.3) is 0 Å². The van der Waals surface area contributed by atoms with Crippen molar-refractivity contribution in [1.82, 2.24) is 5.32 Å². The highest BCUT2D eigenvalue weighted by Gasteiger charge is 2.24. The van der Waals surface area contributed by atoms with Crippen LogP contribution in [0.15, 0.2) is 6.07 Å². The van der Waals surface area contributed by atoms with Crippen LogP contribution in [-0.4, -0.2) is 30.1 Å². The highest BCUT2D eigenvalue weighted by atomic mass is 32.1. The van der Waals surface area contributed by atoms with Gasteiger partial charge in [-0.1, -0.05) is 34.6 Å². The summed E-state index contributed by atoms with van der Waals surface area (Å²) in [6.07, 6.45) is 0. The second-order valence-electron chi connectivity index (χ2n) is 6.35. The minimum absolute atomic E-state index is 0.136. The Bertz CT molecular complexity index is 514. The van der Waals surface area contributed by atoms with Gasteiger partial charge in [0.25, 0.3) is 5.91 Å². The minimum atomic E-state index is -1.03. The molecule has 0 saturated carbocycles. The topological polar surface area (TPSA) is 75.6 Å². The lowest BCUT2D eigenvalue weighted by Crippen LogP contribution is -2.31. The Balaban J connectivity index is 2.76. The first-order chi connectivity index (χ1) is 9.61. The highest BCUT2D eigenvalue weighted by molar-refractivity contribution is 7.14. The average Bonchev–Trinajstić information content (AvgIpc) is 2.77. The molecule has 0 aliphatic rings. The molecule has 0 aromatic carbocycles. The first kappa shape index (κ1) is 17.5. The zero-order valence-corrected chi connectivity index (χ0v) is 14.0. The molecule has 0 aliphatic carbocycles. The standard InChI is InChI=1S/C15H23NO4S/c1-9(2)7-16-12(17)8-20-10-6-11(15(3,4)5)21-13(10)14(18)19/h6,9H,7-8H2,1-5H3,(H,16,17)(H,18,19). The Morgan fingerprint density at radius 1 is 1.38 bits per heavy atom. The summed E-state index contributed by atoms with van der Waals surface area (Å²) >= 11 is 1.19. The predicted molar refractivity (Wildman–Crippen MR) is 83.3 cm³/mol. The monoisotopic (exact) mass is 313 g/mol. The zero-order valence-electron chi connectivity index (χ0n) is 13.1. The summed E-state index contributed by atoms with van der Waals surface area (Å²) in [5.74, 6) is -0.661. The van der Waals surface area contributed by atoms with Crippen molar-refractivity contribution >= 4 is 23.2 Å². The van der Waals surface area contributed by atoms with Crippen LogP contribution in [0.4, 0.5) is 0 Å². The largest absolute Gasteiger partial charge is 0.482 e. The molecule has 6 heteroatoms. The van der Waals surface area contributed by atoms with E-state index in [1.807, 2.05) is 34.6 Å². The van der Waals surface area contributed by atoms with Crippen molar-refractivity contribution in [1.29, 1.82) is 0 Å². The molecule has 5 nitrogen and oxygen atoms in total. The number of carboxylic acid groups (broad SMARTS) is 1. The normalized spacial score (nSPS) is 11.5. The van der Waals surface area contributed by atoms with Crippen LogP contribution in [0, 0.1) is 5.92 Å². The van der Waals surface area contributed by atoms with Crippen molar-refractivity contribution in [3.05, 3.63) is 15.8 Å². The maximum absolute atomic E-state index is 11.6. The number of rotatable bonds is 6. The predicted octanol–water partition coefficient (Wildman–Crippen LogP) is 2.89. The SMILES string of the molecule is CC(C)CNC(=O)COc1cc(C(C)(C)C)sc1C(=O)O. The summed E-state index contributed by atoms with van der Waals surface area (Å²) < 4.78 is 5.39. The molecule has 1 heterocycles. The van der Waals surface area contributed by atoms with Gasteiger partial charge < -0.3 is 15.2 Å². The molecule has 1 amide bonds. The molecule has 0 radical (unpaired) electrons. The lowest BCUT2D eigenvalue weighted by molar-refractivity contribution is -0.123. The van der Waals surface area contributed by atoms with E-state index in [9.17, 15) is 14.7 Å². The van der Waals surface area contributed by atoms with Gasteiger partial charge in [-0.2, -0.15) is 0 Å². The van der Waals surface area contributed by atoms with Crippen molar-refractivity contribution in [2.75, 3.05) is 13.2 Å². The molecular weight excluding hydrogens is 290 g/mol. The second kappa shape index (κ2) is 6.93. The molecule has 1 aromatic heterocycles. The molecule has 0 unspecified atom stereocenters. The van der Waals surface area contributed by atoms with E-state index in [1.165, 1.54) is 11.3 Å². The maximum atomic E-state index is 11.6. The number of carbonyl (C=O) groups excluding carboxylic acids is 1. The van der Waals surface area contributed by atoms with E-state index in [2.05, 4.69) is 5.32 Å². The third-order valence-electron chi connectivity index (χ3n) is 2.70. The Hall–Kier alpha value is -1.56. The van der Waals surface area contributed by atoms with Crippen LogP contribution in [-0.2, 0) is 10.2 Å². The smallest absolute Gasteiger partial charge is 0.349 e. The first-order valence-corrected chi connectivity index (χ1v) is 7.70. The first-order valence-electron chi connectivity index (χ1n) is 6.88. The van der Waals surface area contributed by atoms with Gasteiger partial charge >= 0.3 is 5.97 Å². The van der Waals surface area contributed by atoms with Crippen LogP contribution in [0.3, 0.4) is 0 Å². The number of thiophene rings is 1. The lowest BCUT2D eigenvalue weighted by atomic mass is 9.95. The third kappa shape index (κ3) is 5.38. The maximum Gasteiger partial charge on any atom is 0.349 e. The van der Waals surface area contributed by atoms with Gasteiger partial charge in [0.1, 0.15) is 5.75 Å². The Morgan fingerprint density at radius 3 is 2.48 bits per heavy atom. The highest BCUT2D eigenvalue weighted by Crippen LogP contribution is 2.36. The van der Waals surface area contributed by atoms with Gasteiger partial charge in [-0.3, -0.25) is 4.79 Å². The summed E-state index contributed by atoms with van der Waals surface area (Å²) in [5.41, 5.74) is -0.156. The van der Waals surface area contributed by atoms with Gasteiger partial charge in [-0.25, -0.2) is 4.79 Å². The van der Waals surface area contributed by atoms with Crippen molar-refractivity contribution in [3.8, 4) is 5.75 Å². The quantitative estimate of drug-likeness (QED) is 0.846. The lowest BCUT2D eigenvalue weighted by Gasteiger charge is -2.15. The average molecular weight is 313 g/mol. The van der Waals surface area contributed by atoms with Gasteiger partial charge in [-0.05, 0) is 17.4 Å². The Labute approximate surface area is 129 Å². The molecule has 2 N–H and O–H groups in total. The number of ether oxygens (including phenoxy) is 1. The fourth-order valence-corrected chi connectivity index (χ4v) is 2.51. The molecule has 1 aromatic rings. The summed E-state index contributed by atoms with van der Waals surface area (Å²) in [5, 5.41) is 11.9. The third-order valence-corrected chi connectivity index (χ3v) is 4.23. The molecular formula is C15H23NO4S. The van der Waals surface area contributed by atoms with E-state index >= 15 is 0 Å². The van der Waals surface area contributed by atoms with Crippen molar-refractivity contribution < 1.29 is 19.4 Å². The van der Waals surface area contributed by atoms with Crippen LogP contribution < -0.4 is 10.1 Å². The van der Waals surface area contributed by atoms with Crippen LogP contribution >= 0.6 is 11.3 Å².